The molecule has 1 amide bonds. The van der Waals surface area contributed by atoms with Crippen molar-refractivity contribution in [1.82, 2.24) is 15.5 Å². The Bertz CT molecular complexity index is 875. The van der Waals surface area contributed by atoms with Crippen LogP contribution in [0, 0.1) is 0 Å². The van der Waals surface area contributed by atoms with Gasteiger partial charge in [-0.25, -0.2) is 0 Å². The maximum absolute atomic E-state index is 12.1. The van der Waals surface area contributed by atoms with Crippen LogP contribution in [0.25, 0.3) is 0 Å². The Hall–Kier alpha value is -3.02. The molecule has 6 nitrogen and oxygen atoms in total. The topological polar surface area (TPSA) is 66.0 Å². The van der Waals surface area contributed by atoms with Crippen molar-refractivity contribution in [3.05, 3.63) is 65.2 Å². The number of carbonyl (C=O) groups is 1. The molecule has 0 saturated carbocycles. The molecule has 0 saturated heterocycles. The van der Waals surface area contributed by atoms with Crippen molar-refractivity contribution < 1.29 is 9.53 Å². The Morgan fingerprint density at radius 2 is 1.83 bits per heavy atom. The molecule has 0 aromatic heterocycles. The van der Waals surface area contributed by atoms with Crippen LogP contribution in [0.5, 0.6) is 5.75 Å². The molecule has 30 heavy (non-hydrogen) atoms. The smallest absolute Gasteiger partial charge is 0.253 e. The fourth-order valence-electron chi connectivity index (χ4n) is 3.11. The van der Waals surface area contributed by atoms with Crippen molar-refractivity contribution in [3.63, 3.8) is 0 Å². The summed E-state index contributed by atoms with van der Waals surface area (Å²) in [7, 11) is 6.98. The molecule has 0 spiro atoms. The third-order valence-electron chi connectivity index (χ3n) is 5.06. The summed E-state index contributed by atoms with van der Waals surface area (Å²) in [6.07, 6.45) is 0.800. The highest BCUT2D eigenvalue weighted by Gasteiger charge is 2.21. The van der Waals surface area contributed by atoms with E-state index in [1.54, 1.807) is 33.2 Å². The van der Waals surface area contributed by atoms with E-state index < -0.39 is 0 Å². The van der Waals surface area contributed by atoms with Gasteiger partial charge in [0.1, 0.15) is 5.75 Å². The number of nitrogens with one attached hydrogen (secondary N) is 2. The zero-order chi connectivity index (χ0) is 22.1. The molecule has 2 aromatic carbocycles. The first kappa shape index (κ1) is 23.3. The van der Waals surface area contributed by atoms with Crippen molar-refractivity contribution in [1.29, 1.82) is 0 Å². The molecule has 162 valence electrons. The molecule has 2 rings (SSSR count). The van der Waals surface area contributed by atoms with E-state index in [-0.39, 0.29) is 11.3 Å². The van der Waals surface area contributed by atoms with Gasteiger partial charge in [0.2, 0.25) is 0 Å². The molecule has 2 N–H and O–H groups in total. The fraction of sp³-hybridized carbons (Fsp3) is 0.417. The molecular formula is C24H34N4O2. The summed E-state index contributed by atoms with van der Waals surface area (Å²) in [6, 6.07) is 15.9. The first-order chi connectivity index (χ1) is 14.3. The van der Waals surface area contributed by atoms with E-state index in [9.17, 15) is 4.79 Å². The molecule has 0 atom stereocenters. The third kappa shape index (κ3) is 6.51. The lowest BCUT2D eigenvalue weighted by molar-refractivity contribution is 0.0827. The molecule has 2 aromatic rings. The van der Waals surface area contributed by atoms with Gasteiger partial charge in [-0.2, -0.15) is 0 Å². The number of hydrogen-bond acceptors (Lipinski definition) is 3. The average Bonchev–Trinajstić information content (AvgIpc) is 2.75. The van der Waals surface area contributed by atoms with E-state index >= 15 is 0 Å². The van der Waals surface area contributed by atoms with E-state index in [0.29, 0.717) is 5.56 Å². The van der Waals surface area contributed by atoms with Crippen LogP contribution < -0.4 is 15.4 Å². The predicted octanol–water partition coefficient (Wildman–Crippen LogP) is 3.08. The Morgan fingerprint density at radius 1 is 1.10 bits per heavy atom. The number of benzene rings is 2. The van der Waals surface area contributed by atoms with Gasteiger partial charge in [0.05, 0.1) is 7.11 Å². The van der Waals surface area contributed by atoms with Gasteiger partial charge in [-0.05, 0) is 41.8 Å². The number of amides is 1. The van der Waals surface area contributed by atoms with Gasteiger partial charge in [-0.15, -0.1) is 0 Å². The van der Waals surface area contributed by atoms with Gasteiger partial charge < -0.3 is 20.3 Å². The monoisotopic (exact) mass is 410 g/mol. The van der Waals surface area contributed by atoms with Crippen LogP contribution in [-0.2, 0) is 11.8 Å². The zero-order valence-electron chi connectivity index (χ0n) is 19.0. The number of nitrogens with zero attached hydrogens (tertiary/aromatic N) is 2. The second-order valence-corrected chi connectivity index (χ2v) is 8.12. The maximum atomic E-state index is 12.1. The largest absolute Gasteiger partial charge is 0.497 e. The summed E-state index contributed by atoms with van der Waals surface area (Å²) >= 11 is 0. The minimum absolute atomic E-state index is 0.0158. The van der Waals surface area contributed by atoms with E-state index in [0.717, 1.165) is 36.8 Å². The van der Waals surface area contributed by atoms with Gasteiger partial charge in [-0.1, -0.05) is 38.1 Å². The predicted molar refractivity (Wildman–Crippen MR) is 124 cm³/mol. The van der Waals surface area contributed by atoms with Crippen LogP contribution in [0.15, 0.2) is 53.5 Å². The van der Waals surface area contributed by atoms with Crippen LogP contribution in [0.4, 0.5) is 0 Å². The summed E-state index contributed by atoms with van der Waals surface area (Å²) in [5.74, 6) is 1.63. The standard InChI is InChI=1S/C24H34N4O2/c1-24(2,20-11-8-12-21(16-20)30-6)17-27-23(25-3)26-14-13-18-9-7-10-19(15-18)22(29)28(4)5/h7-12,15-16H,13-14,17H2,1-6H3,(H2,25,26,27). The summed E-state index contributed by atoms with van der Waals surface area (Å²) in [5.41, 5.74) is 2.93. The Labute approximate surface area is 180 Å². The van der Waals surface area contributed by atoms with Gasteiger partial charge in [-0.3, -0.25) is 9.79 Å². The van der Waals surface area contributed by atoms with Crippen molar-refractivity contribution in [2.45, 2.75) is 25.7 Å². The van der Waals surface area contributed by atoms with E-state index in [4.69, 9.17) is 4.74 Å². The number of guanidine groups is 1. The van der Waals surface area contributed by atoms with Crippen molar-refractivity contribution >= 4 is 11.9 Å². The second-order valence-electron chi connectivity index (χ2n) is 8.12. The molecular weight excluding hydrogens is 376 g/mol. The number of aliphatic imine (C=N–C) groups is 1. The van der Waals surface area contributed by atoms with E-state index in [2.05, 4.69) is 41.6 Å². The molecule has 0 radical (unpaired) electrons. The summed E-state index contributed by atoms with van der Waals surface area (Å²) in [4.78, 5) is 18.1. The molecule has 0 bridgehead atoms. The first-order valence-electron chi connectivity index (χ1n) is 10.2. The lowest BCUT2D eigenvalue weighted by atomic mass is 9.84. The van der Waals surface area contributed by atoms with Gasteiger partial charge in [0.15, 0.2) is 5.96 Å². The maximum Gasteiger partial charge on any atom is 0.253 e. The van der Waals surface area contributed by atoms with Crippen molar-refractivity contribution in [2.24, 2.45) is 4.99 Å². The minimum Gasteiger partial charge on any atom is -0.497 e. The number of rotatable bonds is 8. The molecule has 0 aliphatic rings. The van der Waals surface area contributed by atoms with Crippen molar-refractivity contribution in [3.8, 4) is 5.75 Å². The summed E-state index contributed by atoms with van der Waals surface area (Å²) < 4.78 is 5.35. The Kier molecular flexibility index (Phi) is 8.27. The molecule has 0 aliphatic carbocycles. The highest BCUT2D eigenvalue weighted by atomic mass is 16.5. The van der Waals surface area contributed by atoms with Crippen LogP contribution >= 0.6 is 0 Å². The molecule has 0 fully saturated rings. The zero-order valence-corrected chi connectivity index (χ0v) is 19.0. The average molecular weight is 411 g/mol. The van der Waals surface area contributed by atoms with Gasteiger partial charge >= 0.3 is 0 Å². The normalized spacial score (nSPS) is 11.7. The van der Waals surface area contributed by atoms with E-state index in [1.807, 2.05) is 36.4 Å². The SMILES string of the molecule is CN=C(NCCc1cccc(C(=O)N(C)C)c1)NCC(C)(C)c1cccc(OC)c1. The Morgan fingerprint density at radius 3 is 2.50 bits per heavy atom. The second kappa shape index (κ2) is 10.7. The highest BCUT2D eigenvalue weighted by Crippen LogP contribution is 2.25. The summed E-state index contributed by atoms with van der Waals surface area (Å²) in [6.45, 7) is 5.83. The molecule has 6 heteroatoms. The highest BCUT2D eigenvalue weighted by molar-refractivity contribution is 5.94. The molecule has 0 heterocycles. The lowest BCUT2D eigenvalue weighted by Crippen LogP contribution is -2.44. The summed E-state index contributed by atoms with van der Waals surface area (Å²) in [5, 5.41) is 6.77. The van der Waals surface area contributed by atoms with Gasteiger partial charge in [0.25, 0.3) is 5.91 Å². The van der Waals surface area contributed by atoms with Crippen molar-refractivity contribution in [2.75, 3.05) is 41.3 Å². The number of ether oxygens (including phenoxy) is 1. The van der Waals surface area contributed by atoms with Gasteiger partial charge in [0, 0.05) is 45.2 Å². The van der Waals surface area contributed by atoms with Crippen LogP contribution in [0.2, 0.25) is 0 Å². The first-order valence-corrected chi connectivity index (χ1v) is 10.2. The number of carbonyl (C=O) groups excluding carboxylic acids is 1. The fourth-order valence-corrected chi connectivity index (χ4v) is 3.11. The molecule has 0 unspecified atom stereocenters. The quantitative estimate of drug-likeness (QED) is 0.519. The molecule has 0 aliphatic heterocycles. The Balaban J connectivity index is 1.89. The van der Waals surface area contributed by atoms with Crippen LogP contribution in [0.3, 0.4) is 0 Å². The minimum atomic E-state index is -0.0902. The van der Waals surface area contributed by atoms with Crippen LogP contribution in [-0.4, -0.2) is 58.1 Å². The third-order valence-corrected chi connectivity index (χ3v) is 5.06. The van der Waals surface area contributed by atoms with E-state index in [1.165, 1.54) is 5.56 Å². The lowest BCUT2D eigenvalue weighted by Gasteiger charge is -2.27. The number of hydrogen-bond donors (Lipinski definition) is 2. The van der Waals surface area contributed by atoms with Crippen LogP contribution in [0.1, 0.15) is 35.3 Å². The number of methoxy groups -OCH3 is 1.